The number of hydrogen-bond donors (Lipinski definition) is 1. The molecule has 5 heteroatoms. The van der Waals surface area contributed by atoms with Crippen LogP contribution in [0.1, 0.15) is 39.3 Å². The maximum absolute atomic E-state index is 4.41. The van der Waals surface area contributed by atoms with Gasteiger partial charge >= 0.3 is 0 Å². The molecule has 1 aromatic rings. The lowest BCUT2D eigenvalue weighted by molar-refractivity contribution is 0.128. The topological polar surface area (TPSA) is 44.3 Å². The van der Waals surface area contributed by atoms with Crippen LogP contribution in [0, 0.1) is 0 Å². The third kappa shape index (κ3) is 3.92. The van der Waals surface area contributed by atoms with Gasteiger partial charge in [0.05, 0.1) is 5.69 Å². The molecule has 1 aliphatic heterocycles. The first-order valence-corrected chi connectivity index (χ1v) is 8.08. The SMILES string of the molecule is CC(C)(C)N1CCN(c2ccc(CNC3CC3)nn2)CC1. The van der Waals surface area contributed by atoms with Crippen LogP contribution in [-0.4, -0.2) is 52.9 Å². The van der Waals surface area contributed by atoms with Gasteiger partial charge < -0.3 is 10.2 Å². The second kappa shape index (κ2) is 5.89. The predicted octanol–water partition coefficient (Wildman–Crippen LogP) is 1.65. The van der Waals surface area contributed by atoms with Gasteiger partial charge in [-0.15, -0.1) is 5.10 Å². The molecule has 21 heavy (non-hydrogen) atoms. The molecule has 0 unspecified atom stereocenters. The molecular formula is C16H27N5. The number of nitrogens with one attached hydrogen (secondary N) is 1. The zero-order chi connectivity index (χ0) is 14.9. The van der Waals surface area contributed by atoms with E-state index in [0.29, 0.717) is 0 Å². The molecule has 1 saturated carbocycles. The molecule has 0 amide bonds. The van der Waals surface area contributed by atoms with Crippen molar-refractivity contribution in [3.05, 3.63) is 17.8 Å². The fourth-order valence-electron chi connectivity index (χ4n) is 2.76. The molecule has 1 N–H and O–H groups in total. The molecule has 0 spiro atoms. The van der Waals surface area contributed by atoms with Crippen molar-refractivity contribution >= 4 is 5.82 Å². The van der Waals surface area contributed by atoms with Gasteiger partial charge in [-0.25, -0.2) is 0 Å². The second-order valence-corrected chi connectivity index (χ2v) is 7.18. The van der Waals surface area contributed by atoms with E-state index in [1.807, 2.05) is 0 Å². The Hall–Kier alpha value is -1.20. The van der Waals surface area contributed by atoms with Gasteiger partial charge in [0.1, 0.15) is 0 Å². The number of nitrogens with zero attached hydrogens (tertiary/aromatic N) is 4. The minimum Gasteiger partial charge on any atom is -0.353 e. The van der Waals surface area contributed by atoms with Gasteiger partial charge in [0.15, 0.2) is 5.82 Å². The average molecular weight is 289 g/mol. The van der Waals surface area contributed by atoms with Crippen LogP contribution in [0.15, 0.2) is 12.1 Å². The number of anilines is 1. The summed E-state index contributed by atoms with van der Waals surface area (Å²) < 4.78 is 0. The van der Waals surface area contributed by atoms with Crippen molar-refractivity contribution in [3.63, 3.8) is 0 Å². The molecule has 3 rings (SSSR count). The number of hydrogen-bond acceptors (Lipinski definition) is 5. The van der Waals surface area contributed by atoms with E-state index in [-0.39, 0.29) is 5.54 Å². The van der Waals surface area contributed by atoms with Gasteiger partial charge in [-0.05, 0) is 45.7 Å². The Morgan fingerprint density at radius 2 is 1.81 bits per heavy atom. The van der Waals surface area contributed by atoms with Crippen LogP contribution >= 0.6 is 0 Å². The summed E-state index contributed by atoms with van der Waals surface area (Å²) in [4.78, 5) is 4.87. The monoisotopic (exact) mass is 289 g/mol. The Labute approximate surface area is 127 Å². The number of rotatable bonds is 4. The Morgan fingerprint density at radius 1 is 1.10 bits per heavy atom. The third-order valence-electron chi connectivity index (χ3n) is 4.41. The highest BCUT2D eigenvalue weighted by atomic mass is 15.3. The highest BCUT2D eigenvalue weighted by Crippen LogP contribution is 2.20. The fourth-order valence-corrected chi connectivity index (χ4v) is 2.76. The largest absolute Gasteiger partial charge is 0.353 e. The van der Waals surface area contributed by atoms with Crippen molar-refractivity contribution < 1.29 is 0 Å². The van der Waals surface area contributed by atoms with E-state index < -0.39 is 0 Å². The molecular weight excluding hydrogens is 262 g/mol. The van der Waals surface area contributed by atoms with Gasteiger partial charge in [0, 0.05) is 44.3 Å². The van der Waals surface area contributed by atoms with Crippen molar-refractivity contribution in [2.24, 2.45) is 0 Å². The van der Waals surface area contributed by atoms with Gasteiger partial charge in [-0.2, -0.15) is 5.10 Å². The lowest BCUT2D eigenvalue weighted by atomic mass is 10.1. The van der Waals surface area contributed by atoms with E-state index in [4.69, 9.17) is 0 Å². The molecule has 0 atom stereocenters. The van der Waals surface area contributed by atoms with Crippen LogP contribution in [0.3, 0.4) is 0 Å². The second-order valence-electron chi connectivity index (χ2n) is 7.18. The van der Waals surface area contributed by atoms with Gasteiger partial charge in [0.2, 0.25) is 0 Å². The summed E-state index contributed by atoms with van der Waals surface area (Å²) in [7, 11) is 0. The predicted molar refractivity (Wildman–Crippen MR) is 85.4 cm³/mol. The summed E-state index contributed by atoms with van der Waals surface area (Å²) in [6.07, 6.45) is 2.62. The Balaban J connectivity index is 1.52. The Kier molecular flexibility index (Phi) is 4.13. The molecule has 1 aliphatic carbocycles. The highest BCUT2D eigenvalue weighted by Gasteiger charge is 2.26. The van der Waals surface area contributed by atoms with Crippen molar-refractivity contribution in [1.82, 2.24) is 20.4 Å². The standard InChI is InChI=1S/C16H27N5/c1-16(2,3)21-10-8-20(9-11-21)15-7-6-14(18-19-15)12-17-13-4-5-13/h6-7,13,17H,4-5,8-12H2,1-3H3. The molecule has 5 nitrogen and oxygen atoms in total. The van der Waals surface area contributed by atoms with E-state index in [9.17, 15) is 0 Å². The van der Waals surface area contributed by atoms with E-state index in [1.165, 1.54) is 12.8 Å². The molecule has 2 fully saturated rings. The normalized spacial score (nSPS) is 20.8. The van der Waals surface area contributed by atoms with Crippen LogP contribution in [0.5, 0.6) is 0 Å². The maximum Gasteiger partial charge on any atom is 0.151 e. The molecule has 2 heterocycles. The van der Waals surface area contributed by atoms with Gasteiger partial charge in [-0.1, -0.05) is 0 Å². The third-order valence-corrected chi connectivity index (χ3v) is 4.41. The lowest BCUT2D eigenvalue weighted by Crippen LogP contribution is -2.53. The quantitative estimate of drug-likeness (QED) is 0.913. The van der Waals surface area contributed by atoms with Crippen molar-refractivity contribution in [2.45, 2.75) is 51.7 Å². The van der Waals surface area contributed by atoms with E-state index in [1.54, 1.807) is 0 Å². The van der Waals surface area contributed by atoms with Crippen LogP contribution in [0.2, 0.25) is 0 Å². The summed E-state index contributed by atoms with van der Waals surface area (Å²) in [5.41, 5.74) is 1.30. The molecule has 116 valence electrons. The molecule has 0 aromatic carbocycles. The first-order valence-electron chi connectivity index (χ1n) is 8.08. The van der Waals surface area contributed by atoms with Crippen LogP contribution < -0.4 is 10.2 Å². The zero-order valence-electron chi connectivity index (χ0n) is 13.5. The van der Waals surface area contributed by atoms with Gasteiger partial charge in [0.25, 0.3) is 0 Å². The van der Waals surface area contributed by atoms with Crippen LogP contribution in [-0.2, 0) is 6.54 Å². The molecule has 0 bridgehead atoms. The van der Waals surface area contributed by atoms with E-state index in [0.717, 1.165) is 50.3 Å². The van der Waals surface area contributed by atoms with Gasteiger partial charge in [-0.3, -0.25) is 4.90 Å². The summed E-state index contributed by atoms with van der Waals surface area (Å²) in [6, 6.07) is 4.94. The fraction of sp³-hybridized carbons (Fsp3) is 0.750. The molecule has 2 aliphatic rings. The highest BCUT2D eigenvalue weighted by molar-refractivity contribution is 5.38. The summed E-state index contributed by atoms with van der Waals surface area (Å²) in [5.74, 6) is 1.01. The smallest absolute Gasteiger partial charge is 0.151 e. The van der Waals surface area contributed by atoms with Crippen LogP contribution in [0.4, 0.5) is 5.82 Å². The molecule has 0 radical (unpaired) electrons. The maximum atomic E-state index is 4.41. The summed E-state index contributed by atoms with van der Waals surface area (Å²) in [5, 5.41) is 12.2. The lowest BCUT2D eigenvalue weighted by Gasteiger charge is -2.42. The Bertz CT molecular complexity index is 453. The molecule has 1 saturated heterocycles. The number of aromatic nitrogens is 2. The van der Waals surface area contributed by atoms with Crippen molar-refractivity contribution in [1.29, 1.82) is 0 Å². The summed E-state index contributed by atoms with van der Waals surface area (Å²) in [6.45, 7) is 11.9. The van der Waals surface area contributed by atoms with Crippen molar-refractivity contribution in [2.75, 3.05) is 31.1 Å². The minimum atomic E-state index is 0.260. The first-order chi connectivity index (χ1) is 10.0. The minimum absolute atomic E-state index is 0.260. The zero-order valence-corrected chi connectivity index (χ0v) is 13.5. The number of piperazine rings is 1. The Morgan fingerprint density at radius 3 is 2.33 bits per heavy atom. The van der Waals surface area contributed by atoms with E-state index >= 15 is 0 Å². The average Bonchev–Trinajstić information content (AvgIpc) is 3.29. The van der Waals surface area contributed by atoms with E-state index in [2.05, 4.69) is 58.2 Å². The van der Waals surface area contributed by atoms with Crippen molar-refractivity contribution in [3.8, 4) is 0 Å². The van der Waals surface area contributed by atoms with Crippen LogP contribution in [0.25, 0.3) is 0 Å². The summed E-state index contributed by atoms with van der Waals surface area (Å²) >= 11 is 0. The molecule has 1 aromatic heterocycles. The first kappa shape index (κ1) is 14.7.